The molecule has 0 spiro atoms. The van der Waals surface area contributed by atoms with Crippen LogP contribution in [0.4, 0.5) is 5.82 Å². The monoisotopic (exact) mass is 520 g/mol. The number of carbonyl (C=O) groups is 3. The number of carboxylic acids is 1. The van der Waals surface area contributed by atoms with E-state index in [0.29, 0.717) is 5.69 Å². The molecule has 3 heterocycles. The van der Waals surface area contributed by atoms with Gasteiger partial charge in [-0.1, -0.05) is 21.1 Å². The summed E-state index contributed by atoms with van der Waals surface area (Å²) in [7, 11) is 1.52. The second kappa shape index (κ2) is 9.14. The first-order chi connectivity index (χ1) is 15.3. The molecule has 13 heteroatoms. The number of nitrogens with one attached hydrogen (secondary N) is 1. The normalized spacial score (nSPS) is 18.1. The molecule has 2 amide bonds. The van der Waals surface area contributed by atoms with Crippen molar-refractivity contribution in [3.63, 3.8) is 0 Å². The van der Waals surface area contributed by atoms with Crippen molar-refractivity contribution in [1.29, 1.82) is 0 Å². The first kappa shape index (κ1) is 22.0. The van der Waals surface area contributed by atoms with E-state index in [4.69, 9.17) is 9.84 Å². The lowest BCUT2D eigenvalue weighted by Crippen LogP contribution is -2.50. The van der Waals surface area contributed by atoms with Crippen LogP contribution in [0.3, 0.4) is 0 Å². The Labute approximate surface area is 194 Å². The van der Waals surface area contributed by atoms with Crippen LogP contribution in [0.1, 0.15) is 5.69 Å². The predicted molar refractivity (Wildman–Crippen MR) is 117 cm³/mol. The number of amides is 2. The SMILES string of the molecule is CN(C(=O)[C@H](Cc1cscn1)NC(=O)[C@H]1O[C@@H]1C(=O)O)c1cn(-c2ccc(Br)cc2)nn1. The fourth-order valence-corrected chi connectivity index (χ4v) is 3.81. The molecule has 2 aromatic heterocycles. The Hall–Kier alpha value is -3.16. The molecule has 1 aromatic carbocycles. The van der Waals surface area contributed by atoms with Crippen LogP contribution in [-0.4, -0.2) is 68.2 Å². The highest BCUT2D eigenvalue weighted by molar-refractivity contribution is 9.10. The fraction of sp³-hybridized carbons (Fsp3) is 0.263. The maximum absolute atomic E-state index is 13.2. The molecule has 1 saturated heterocycles. The zero-order valence-corrected chi connectivity index (χ0v) is 19.0. The number of aromatic nitrogens is 4. The smallest absolute Gasteiger partial charge is 0.336 e. The van der Waals surface area contributed by atoms with E-state index in [1.807, 2.05) is 24.3 Å². The Bertz CT molecular complexity index is 1140. The van der Waals surface area contributed by atoms with Gasteiger partial charge in [0.15, 0.2) is 18.0 Å². The van der Waals surface area contributed by atoms with Crippen LogP contribution in [0.15, 0.2) is 45.8 Å². The van der Waals surface area contributed by atoms with Crippen molar-refractivity contribution in [2.75, 3.05) is 11.9 Å². The summed E-state index contributed by atoms with van der Waals surface area (Å²) in [5.74, 6) is -2.07. The summed E-state index contributed by atoms with van der Waals surface area (Å²) in [5.41, 5.74) is 2.99. The summed E-state index contributed by atoms with van der Waals surface area (Å²) >= 11 is 4.73. The van der Waals surface area contributed by atoms with Crippen LogP contribution in [0.25, 0.3) is 5.69 Å². The summed E-state index contributed by atoms with van der Waals surface area (Å²) in [6.45, 7) is 0. The van der Waals surface area contributed by atoms with Crippen molar-refractivity contribution in [2.45, 2.75) is 24.7 Å². The number of aliphatic carboxylic acids is 1. The molecule has 0 aliphatic carbocycles. The Balaban J connectivity index is 1.50. The Kier molecular flexibility index (Phi) is 6.30. The molecular formula is C19H17BrN6O5S. The van der Waals surface area contributed by atoms with Crippen molar-refractivity contribution < 1.29 is 24.2 Å². The molecule has 11 nitrogen and oxygen atoms in total. The number of carbonyl (C=O) groups excluding carboxylic acids is 2. The van der Waals surface area contributed by atoms with Gasteiger partial charge in [-0.25, -0.2) is 14.5 Å². The molecule has 0 bridgehead atoms. The molecule has 0 saturated carbocycles. The third kappa shape index (κ3) is 4.84. The van der Waals surface area contributed by atoms with E-state index in [2.05, 4.69) is 36.5 Å². The minimum atomic E-state index is -1.23. The number of thiazole rings is 1. The highest BCUT2D eigenvalue weighted by Gasteiger charge is 2.51. The van der Waals surface area contributed by atoms with E-state index < -0.39 is 36.0 Å². The number of rotatable bonds is 8. The van der Waals surface area contributed by atoms with E-state index in [0.717, 1.165) is 10.2 Å². The Morgan fingerprint density at radius 1 is 1.31 bits per heavy atom. The largest absolute Gasteiger partial charge is 0.479 e. The first-order valence-corrected chi connectivity index (χ1v) is 11.1. The Morgan fingerprint density at radius 3 is 2.69 bits per heavy atom. The number of hydrogen-bond donors (Lipinski definition) is 2. The number of carboxylic acid groups (broad SMARTS) is 1. The maximum Gasteiger partial charge on any atom is 0.336 e. The molecule has 0 radical (unpaired) electrons. The number of likely N-dealkylation sites (N-methyl/N-ethyl adjacent to an activating group) is 1. The zero-order chi connectivity index (χ0) is 22.8. The number of halogens is 1. The molecule has 0 unspecified atom stereocenters. The van der Waals surface area contributed by atoms with Crippen molar-refractivity contribution >= 4 is 50.9 Å². The minimum Gasteiger partial charge on any atom is -0.479 e. The second-order valence-electron chi connectivity index (χ2n) is 6.96. The van der Waals surface area contributed by atoms with Crippen LogP contribution in [0, 0.1) is 0 Å². The molecular weight excluding hydrogens is 504 g/mol. The van der Waals surface area contributed by atoms with Gasteiger partial charge in [-0.3, -0.25) is 14.5 Å². The summed E-state index contributed by atoms with van der Waals surface area (Å²) in [5, 5.41) is 21.4. The lowest BCUT2D eigenvalue weighted by atomic mass is 10.1. The number of nitrogens with zero attached hydrogens (tertiary/aromatic N) is 5. The van der Waals surface area contributed by atoms with Crippen LogP contribution >= 0.6 is 27.3 Å². The predicted octanol–water partition coefficient (Wildman–Crippen LogP) is 1.03. The van der Waals surface area contributed by atoms with E-state index in [1.54, 1.807) is 17.1 Å². The standard InChI is InChI=1S/C19H17BrN6O5S/c1-25(14-7-26(24-23-14)12-4-2-10(20)3-5-12)18(28)13(6-11-8-32-9-21-11)22-17(27)15-16(31-15)19(29)30/h2-5,7-9,13,15-16H,6H2,1H3,(H,22,27)(H,29,30)/t13-,15-,16-/m0/s1. The first-order valence-electron chi connectivity index (χ1n) is 9.35. The number of epoxide rings is 1. The summed E-state index contributed by atoms with van der Waals surface area (Å²) in [4.78, 5) is 42.0. The fourth-order valence-electron chi connectivity index (χ4n) is 2.98. The second-order valence-corrected chi connectivity index (χ2v) is 8.59. The average molecular weight is 521 g/mol. The summed E-state index contributed by atoms with van der Waals surface area (Å²) in [6, 6.07) is 6.39. The molecule has 32 heavy (non-hydrogen) atoms. The van der Waals surface area contributed by atoms with Gasteiger partial charge in [0.25, 0.3) is 11.8 Å². The molecule has 1 fully saturated rings. The van der Waals surface area contributed by atoms with Crippen LogP contribution in [0.2, 0.25) is 0 Å². The number of hydrogen-bond acceptors (Lipinski definition) is 8. The van der Waals surface area contributed by atoms with Gasteiger partial charge in [0.1, 0.15) is 6.04 Å². The van der Waals surface area contributed by atoms with E-state index >= 15 is 0 Å². The molecule has 4 rings (SSSR count). The number of anilines is 1. The average Bonchev–Trinajstić information content (AvgIpc) is 3.16. The van der Waals surface area contributed by atoms with Crippen LogP contribution in [0.5, 0.6) is 0 Å². The Morgan fingerprint density at radius 2 is 2.06 bits per heavy atom. The lowest BCUT2D eigenvalue weighted by molar-refractivity contribution is -0.138. The van der Waals surface area contributed by atoms with E-state index in [9.17, 15) is 14.4 Å². The third-order valence-electron chi connectivity index (χ3n) is 4.75. The molecule has 3 aromatic rings. The van der Waals surface area contributed by atoms with Crippen LogP contribution in [-0.2, 0) is 25.5 Å². The molecule has 1 aliphatic rings. The van der Waals surface area contributed by atoms with Gasteiger partial charge in [0, 0.05) is 23.3 Å². The van der Waals surface area contributed by atoms with Gasteiger partial charge in [-0.2, -0.15) is 0 Å². The van der Waals surface area contributed by atoms with E-state index in [1.165, 1.54) is 28.0 Å². The quantitative estimate of drug-likeness (QED) is 0.419. The van der Waals surface area contributed by atoms with Gasteiger partial charge >= 0.3 is 5.97 Å². The lowest BCUT2D eigenvalue weighted by Gasteiger charge is -2.22. The summed E-state index contributed by atoms with van der Waals surface area (Å²) in [6.07, 6.45) is -0.604. The van der Waals surface area contributed by atoms with Gasteiger partial charge in [0.05, 0.1) is 23.1 Å². The molecule has 3 atom stereocenters. The van der Waals surface area contributed by atoms with Gasteiger partial charge < -0.3 is 15.2 Å². The van der Waals surface area contributed by atoms with Crippen molar-refractivity contribution in [3.8, 4) is 5.69 Å². The zero-order valence-electron chi connectivity index (χ0n) is 16.6. The van der Waals surface area contributed by atoms with Crippen molar-refractivity contribution in [1.82, 2.24) is 25.3 Å². The highest BCUT2D eigenvalue weighted by Crippen LogP contribution is 2.23. The van der Waals surface area contributed by atoms with Gasteiger partial charge in [0.2, 0.25) is 0 Å². The third-order valence-corrected chi connectivity index (χ3v) is 5.92. The molecule has 166 valence electrons. The highest BCUT2D eigenvalue weighted by atomic mass is 79.9. The topological polar surface area (TPSA) is 143 Å². The number of benzene rings is 1. The van der Waals surface area contributed by atoms with Gasteiger partial charge in [-0.05, 0) is 24.3 Å². The minimum absolute atomic E-state index is 0.129. The van der Waals surface area contributed by atoms with Gasteiger partial charge in [-0.15, -0.1) is 16.4 Å². The van der Waals surface area contributed by atoms with Crippen molar-refractivity contribution in [3.05, 3.63) is 51.5 Å². The van der Waals surface area contributed by atoms with Crippen molar-refractivity contribution in [2.24, 2.45) is 0 Å². The molecule has 1 aliphatic heterocycles. The van der Waals surface area contributed by atoms with Crippen LogP contribution < -0.4 is 10.2 Å². The van der Waals surface area contributed by atoms with E-state index in [-0.39, 0.29) is 12.2 Å². The summed E-state index contributed by atoms with van der Waals surface area (Å²) < 4.78 is 7.32. The maximum atomic E-state index is 13.2. The molecule has 2 N–H and O–H groups in total. The number of ether oxygens (including phenoxy) is 1.